The largest absolute Gasteiger partial charge is 0.481 e. The van der Waals surface area contributed by atoms with Gasteiger partial charge in [0.15, 0.2) is 0 Å². The van der Waals surface area contributed by atoms with E-state index in [1.54, 1.807) is 20.2 Å². The molecule has 3 heterocycles. The van der Waals surface area contributed by atoms with Gasteiger partial charge in [0.25, 0.3) is 5.91 Å². The average Bonchev–Trinajstić information content (AvgIpc) is 3.33. The first-order chi connectivity index (χ1) is 15.1. The molecule has 166 valence electrons. The van der Waals surface area contributed by atoms with E-state index in [4.69, 9.17) is 9.72 Å². The number of piperazine rings is 1. The third-order valence-corrected chi connectivity index (χ3v) is 6.76. The molecule has 1 aliphatic heterocycles. The molecule has 1 aliphatic carbocycles. The molecule has 1 amide bonds. The number of pyridine rings is 2. The molecule has 7 heteroatoms. The first-order valence-corrected chi connectivity index (χ1v) is 11.3. The number of amides is 1. The minimum Gasteiger partial charge on any atom is -0.481 e. The maximum absolute atomic E-state index is 11.7. The molecule has 0 bridgehead atoms. The summed E-state index contributed by atoms with van der Waals surface area (Å²) >= 11 is 0. The highest BCUT2D eigenvalue weighted by molar-refractivity contribution is 5.92. The Labute approximate surface area is 184 Å². The molecule has 0 radical (unpaired) electrons. The van der Waals surface area contributed by atoms with E-state index in [1.807, 2.05) is 12.3 Å². The zero-order valence-corrected chi connectivity index (χ0v) is 18.8. The molecule has 4 rings (SSSR count). The normalized spacial score (nSPS) is 21.8. The molecule has 0 spiro atoms. The maximum Gasteiger partial charge on any atom is 0.269 e. The van der Waals surface area contributed by atoms with Gasteiger partial charge in [-0.25, -0.2) is 9.97 Å². The summed E-state index contributed by atoms with van der Waals surface area (Å²) < 4.78 is 5.51. The van der Waals surface area contributed by atoms with Crippen molar-refractivity contribution in [3.05, 3.63) is 47.4 Å². The number of rotatable bonds is 6. The summed E-state index contributed by atoms with van der Waals surface area (Å²) in [5.74, 6) is 1.15. The Morgan fingerprint density at radius 1 is 1.16 bits per heavy atom. The van der Waals surface area contributed by atoms with Gasteiger partial charge in [-0.05, 0) is 43.9 Å². The summed E-state index contributed by atoms with van der Waals surface area (Å²) in [5.41, 5.74) is 3.90. The van der Waals surface area contributed by atoms with Gasteiger partial charge in [-0.15, -0.1) is 0 Å². The van der Waals surface area contributed by atoms with Crippen molar-refractivity contribution < 1.29 is 9.53 Å². The molecule has 2 aromatic heterocycles. The fourth-order valence-corrected chi connectivity index (χ4v) is 4.90. The molecule has 2 unspecified atom stereocenters. The lowest BCUT2D eigenvalue weighted by Crippen LogP contribution is -2.49. The summed E-state index contributed by atoms with van der Waals surface area (Å²) in [4.78, 5) is 25.8. The number of carbonyl (C=O) groups excluding carboxylic acids is 1. The van der Waals surface area contributed by atoms with Crippen LogP contribution in [0.3, 0.4) is 0 Å². The van der Waals surface area contributed by atoms with Crippen LogP contribution in [0.5, 0.6) is 5.88 Å². The van der Waals surface area contributed by atoms with E-state index in [1.165, 1.54) is 30.5 Å². The maximum atomic E-state index is 11.7. The molecule has 1 saturated heterocycles. The van der Waals surface area contributed by atoms with Crippen LogP contribution in [0.4, 0.5) is 5.69 Å². The Kier molecular flexibility index (Phi) is 6.70. The van der Waals surface area contributed by atoms with Gasteiger partial charge in [-0.1, -0.05) is 13.0 Å². The van der Waals surface area contributed by atoms with E-state index in [0.717, 1.165) is 44.2 Å². The molecule has 0 aromatic carbocycles. The molecule has 2 aliphatic rings. The molecular formula is C24H33N5O2. The van der Waals surface area contributed by atoms with Crippen molar-refractivity contribution >= 4 is 11.6 Å². The van der Waals surface area contributed by atoms with Gasteiger partial charge in [0.1, 0.15) is 5.69 Å². The molecule has 1 N–H and O–H groups in total. The third kappa shape index (κ3) is 4.66. The van der Waals surface area contributed by atoms with Crippen molar-refractivity contribution in [1.29, 1.82) is 0 Å². The smallest absolute Gasteiger partial charge is 0.269 e. The fourth-order valence-electron chi connectivity index (χ4n) is 4.90. The van der Waals surface area contributed by atoms with Crippen LogP contribution in [0.2, 0.25) is 0 Å². The summed E-state index contributed by atoms with van der Waals surface area (Å²) in [6, 6.07) is 8.79. The molecular weight excluding hydrogens is 390 g/mol. The number of nitrogens with one attached hydrogen (secondary N) is 1. The Balaban J connectivity index is 1.32. The summed E-state index contributed by atoms with van der Waals surface area (Å²) in [7, 11) is 3.33. The standard InChI is InChI=1S/C24H33N5O2/c1-4-17-6-9-21(27-24(17)31-3)18-5-7-19(15-18)28-11-13-29(14-12-28)20-8-10-22(26-16-20)23(30)25-2/h6,8-10,16,18-19H,4-5,7,11-15H2,1-3H3,(H,25,30). The van der Waals surface area contributed by atoms with Crippen molar-refractivity contribution in [3.8, 4) is 5.88 Å². The third-order valence-electron chi connectivity index (χ3n) is 6.76. The van der Waals surface area contributed by atoms with Gasteiger partial charge in [-0.2, -0.15) is 0 Å². The number of carbonyl (C=O) groups is 1. The lowest BCUT2D eigenvalue weighted by molar-refractivity contribution is 0.0958. The van der Waals surface area contributed by atoms with Gasteiger partial charge >= 0.3 is 0 Å². The fraction of sp³-hybridized carbons (Fsp3) is 0.542. The van der Waals surface area contributed by atoms with E-state index in [9.17, 15) is 4.79 Å². The Morgan fingerprint density at radius 3 is 2.61 bits per heavy atom. The van der Waals surface area contributed by atoms with Gasteiger partial charge in [0, 0.05) is 56.4 Å². The van der Waals surface area contributed by atoms with Gasteiger partial charge in [0.05, 0.1) is 19.0 Å². The van der Waals surface area contributed by atoms with Crippen LogP contribution >= 0.6 is 0 Å². The quantitative estimate of drug-likeness (QED) is 0.771. The van der Waals surface area contributed by atoms with Crippen molar-refractivity contribution in [2.24, 2.45) is 0 Å². The SMILES string of the molecule is CCc1ccc(C2CCC(N3CCN(c4ccc(C(=O)NC)nc4)CC3)C2)nc1OC. The van der Waals surface area contributed by atoms with E-state index >= 15 is 0 Å². The highest BCUT2D eigenvalue weighted by Gasteiger charge is 2.33. The van der Waals surface area contributed by atoms with Gasteiger partial charge < -0.3 is 15.0 Å². The number of aryl methyl sites for hydroxylation is 1. The summed E-state index contributed by atoms with van der Waals surface area (Å²) in [6.07, 6.45) is 6.34. The minimum absolute atomic E-state index is 0.149. The summed E-state index contributed by atoms with van der Waals surface area (Å²) in [6.45, 7) is 6.22. The first kappa shape index (κ1) is 21.6. The number of aromatic nitrogens is 2. The Hall–Kier alpha value is -2.67. The number of hydrogen-bond acceptors (Lipinski definition) is 6. The molecule has 2 atom stereocenters. The molecule has 2 aromatic rings. The highest BCUT2D eigenvalue weighted by atomic mass is 16.5. The number of methoxy groups -OCH3 is 1. The van der Waals surface area contributed by atoms with E-state index < -0.39 is 0 Å². The zero-order chi connectivity index (χ0) is 21.8. The van der Waals surface area contributed by atoms with E-state index in [0.29, 0.717) is 17.7 Å². The monoisotopic (exact) mass is 423 g/mol. The lowest BCUT2D eigenvalue weighted by atomic mass is 10.0. The van der Waals surface area contributed by atoms with Crippen LogP contribution in [0.15, 0.2) is 30.5 Å². The first-order valence-electron chi connectivity index (χ1n) is 11.3. The molecule has 31 heavy (non-hydrogen) atoms. The molecule has 1 saturated carbocycles. The van der Waals surface area contributed by atoms with Crippen LogP contribution in [0.1, 0.15) is 53.8 Å². The number of nitrogens with zero attached hydrogens (tertiary/aromatic N) is 4. The molecule has 7 nitrogen and oxygen atoms in total. The van der Waals surface area contributed by atoms with E-state index in [2.05, 4.69) is 39.2 Å². The highest BCUT2D eigenvalue weighted by Crippen LogP contribution is 2.37. The second kappa shape index (κ2) is 9.64. The Morgan fingerprint density at radius 2 is 1.97 bits per heavy atom. The minimum atomic E-state index is -0.149. The van der Waals surface area contributed by atoms with Gasteiger partial charge in [-0.3, -0.25) is 9.69 Å². The van der Waals surface area contributed by atoms with E-state index in [-0.39, 0.29) is 5.91 Å². The predicted octanol–water partition coefficient (Wildman–Crippen LogP) is 2.87. The van der Waals surface area contributed by atoms with Gasteiger partial charge in [0.2, 0.25) is 5.88 Å². The van der Waals surface area contributed by atoms with Crippen LogP contribution < -0.4 is 15.0 Å². The van der Waals surface area contributed by atoms with Crippen LogP contribution in [0.25, 0.3) is 0 Å². The number of ether oxygens (including phenoxy) is 1. The number of hydrogen-bond donors (Lipinski definition) is 1. The topological polar surface area (TPSA) is 70.6 Å². The van der Waals surface area contributed by atoms with Crippen molar-refractivity contribution in [2.45, 2.75) is 44.6 Å². The van der Waals surface area contributed by atoms with Crippen molar-refractivity contribution in [3.63, 3.8) is 0 Å². The van der Waals surface area contributed by atoms with Crippen molar-refractivity contribution in [1.82, 2.24) is 20.2 Å². The lowest BCUT2D eigenvalue weighted by Gasteiger charge is -2.39. The number of anilines is 1. The zero-order valence-electron chi connectivity index (χ0n) is 18.8. The van der Waals surface area contributed by atoms with Crippen molar-refractivity contribution in [2.75, 3.05) is 45.2 Å². The molecule has 2 fully saturated rings. The average molecular weight is 424 g/mol. The van der Waals surface area contributed by atoms with Crippen LogP contribution in [-0.4, -0.2) is 67.2 Å². The van der Waals surface area contributed by atoms with Crippen LogP contribution in [-0.2, 0) is 6.42 Å². The predicted molar refractivity (Wildman–Crippen MR) is 122 cm³/mol. The second-order valence-electron chi connectivity index (χ2n) is 8.43. The summed E-state index contributed by atoms with van der Waals surface area (Å²) in [5, 5.41) is 2.61. The Bertz CT molecular complexity index is 893. The van der Waals surface area contributed by atoms with Crippen LogP contribution in [0, 0.1) is 0 Å². The second-order valence-corrected chi connectivity index (χ2v) is 8.43.